The number of anilines is 2. The Kier molecular flexibility index (Phi) is 6.68. The lowest BCUT2D eigenvalue weighted by Crippen LogP contribution is -2.29. The number of likely N-dealkylation sites (N-methyl/N-ethyl adjacent to an activating group) is 1. The summed E-state index contributed by atoms with van der Waals surface area (Å²) in [6.07, 6.45) is 7.80. The Balaban J connectivity index is 1.35. The molecule has 3 aromatic rings. The third-order valence-corrected chi connectivity index (χ3v) is 7.56. The van der Waals surface area contributed by atoms with Gasteiger partial charge in [-0.2, -0.15) is 0 Å². The Labute approximate surface area is 211 Å². The molecule has 0 spiro atoms. The van der Waals surface area contributed by atoms with Gasteiger partial charge in [-0.15, -0.1) is 0 Å². The van der Waals surface area contributed by atoms with E-state index in [1.54, 1.807) is 11.9 Å². The van der Waals surface area contributed by atoms with Gasteiger partial charge in [0.2, 0.25) is 0 Å². The number of piperidine rings is 1. The lowest BCUT2D eigenvalue weighted by Gasteiger charge is -2.28. The molecule has 0 saturated carbocycles. The second kappa shape index (κ2) is 10.0. The van der Waals surface area contributed by atoms with Crippen LogP contribution in [0, 0.1) is 0 Å². The maximum Gasteiger partial charge on any atom is 0.266 e. The molecule has 0 bridgehead atoms. The Morgan fingerprint density at radius 2 is 1.60 bits per heavy atom. The van der Waals surface area contributed by atoms with Crippen molar-refractivity contribution in [3.8, 4) is 5.69 Å². The number of amidine groups is 1. The number of carbonyl (C=O) groups is 1. The number of nitrogens with zero attached hydrogens (tertiary/aromatic N) is 5. The first kappa shape index (κ1) is 23.3. The minimum atomic E-state index is -0.0330. The number of amides is 1. The van der Waals surface area contributed by atoms with Crippen molar-refractivity contribution in [3.05, 3.63) is 77.5 Å². The van der Waals surface area contributed by atoms with E-state index in [0.29, 0.717) is 10.1 Å². The standard InChI is InChI=1S/C28H31N5OS/c1-30(2)22-13-15-24(16-14-22)33-19-7-8-25(33)20-26-27(34)31(3)28(35-26)29-21-9-11-23(12-10-21)32-17-5-4-6-18-32/h7-16,19-20H,4-6,17-18H2,1-3H3/b26-20-,29-28?. The minimum Gasteiger partial charge on any atom is -0.378 e. The van der Waals surface area contributed by atoms with Gasteiger partial charge in [0.1, 0.15) is 0 Å². The zero-order valence-electron chi connectivity index (χ0n) is 20.5. The summed E-state index contributed by atoms with van der Waals surface area (Å²) in [4.78, 5) is 24.6. The van der Waals surface area contributed by atoms with Crippen LogP contribution < -0.4 is 9.80 Å². The predicted octanol–water partition coefficient (Wildman–Crippen LogP) is 5.77. The molecule has 1 aromatic heterocycles. The largest absolute Gasteiger partial charge is 0.378 e. The van der Waals surface area contributed by atoms with Crippen molar-refractivity contribution >= 4 is 46.0 Å². The van der Waals surface area contributed by atoms with Gasteiger partial charge < -0.3 is 14.4 Å². The lowest BCUT2D eigenvalue weighted by atomic mass is 10.1. The van der Waals surface area contributed by atoms with Crippen LogP contribution in [-0.2, 0) is 4.79 Å². The van der Waals surface area contributed by atoms with Crippen LogP contribution in [0.15, 0.2) is 76.8 Å². The predicted molar refractivity (Wildman–Crippen MR) is 148 cm³/mol. The maximum atomic E-state index is 13.0. The molecular formula is C28H31N5OS. The topological polar surface area (TPSA) is 44.1 Å². The average Bonchev–Trinajstić information content (AvgIpc) is 3.45. The Hall–Kier alpha value is -3.45. The highest BCUT2D eigenvalue weighted by atomic mass is 32.2. The van der Waals surface area contributed by atoms with Crippen LogP contribution >= 0.6 is 11.8 Å². The molecular weight excluding hydrogens is 454 g/mol. The van der Waals surface area contributed by atoms with E-state index in [-0.39, 0.29) is 5.91 Å². The highest BCUT2D eigenvalue weighted by molar-refractivity contribution is 8.18. The fraction of sp³-hybridized carbons (Fsp3) is 0.286. The maximum absolute atomic E-state index is 13.0. The molecule has 1 amide bonds. The van der Waals surface area contributed by atoms with Crippen molar-refractivity contribution in [2.24, 2.45) is 4.99 Å². The number of thioether (sulfide) groups is 1. The van der Waals surface area contributed by atoms with Gasteiger partial charge in [-0.05, 0) is 97.8 Å². The van der Waals surface area contributed by atoms with Crippen LogP contribution in [0.25, 0.3) is 11.8 Å². The van der Waals surface area contributed by atoms with Crippen LogP contribution in [0.1, 0.15) is 25.0 Å². The van der Waals surface area contributed by atoms with E-state index in [4.69, 9.17) is 4.99 Å². The van der Waals surface area contributed by atoms with Crippen LogP contribution in [0.3, 0.4) is 0 Å². The first-order valence-electron chi connectivity index (χ1n) is 12.1. The molecule has 6 nitrogen and oxygen atoms in total. The van der Waals surface area contributed by atoms with Gasteiger partial charge in [-0.3, -0.25) is 9.69 Å². The van der Waals surface area contributed by atoms with Crippen molar-refractivity contribution in [3.63, 3.8) is 0 Å². The van der Waals surface area contributed by atoms with E-state index in [1.165, 1.54) is 36.7 Å². The first-order valence-corrected chi connectivity index (χ1v) is 12.9. The fourth-order valence-electron chi connectivity index (χ4n) is 4.44. The van der Waals surface area contributed by atoms with Gasteiger partial charge in [-0.25, -0.2) is 4.99 Å². The number of hydrogen-bond donors (Lipinski definition) is 0. The van der Waals surface area contributed by atoms with Crippen molar-refractivity contribution in [1.29, 1.82) is 0 Å². The SMILES string of the molecule is CN1C(=O)/C(=C/c2cccn2-c2ccc(N(C)C)cc2)SC1=Nc1ccc(N2CCCCC2)cc1. The highest BCUT2D eigenvalue weighted by Crippen LogP contribution is 2.34. The Morgan fingerprint density at radius 3 is 2.29 bits per heavy atom. The number of aromatic nitrogens is 1. The molecule has 0 unspecified atom stereocenters. The molecule has 2 fully saturated rings. The molecule has 35 heavy (non-hydrogen) atoms. The Morgan fingerprint density at radius 1 is 0.914 bits per heavy atom. The fourth-order valence-corrected chi connectivity index (χ4v) is 5.42. The van der Waals surface area contributed by atoms with Crippen molar-refractivity contribution < 1.29 is 4.79 Å². The van der Waals surface area contributed by atoms with Gasteiger partial charge in [0, 0.05) is 63.2 Å². The van der Waals surface area contributed by atoms with E-state index in [0.717, 1.165) is 35.8 Å². The van der Waals surface area contributed by atoms with Crippen LogP contribution in [0.5, 0.6) is 0 Å². The van der Waals surface area contributed by atoms with Crippen molar-refractivity contribution in [1.82, 2.24) is 9.47 Å². The number of benzene rings is 2. The molecule has 2 aliphatic rings. The van der Waals surface area contributed by atoms with Gasteiger partial charge in [0.15, 0.2) is 5.17 Å². The first-order chi connectivity index (χ1) is 17.0. The summed E-state index contributed by atoms with van der Waals surface area (Å²) in [6.45, 7) is 2.24. The van der Waals surface area contributed by atoms with Gasteiger partial charge in [0.25, 0.3) is 5.91 Å². The normalized spacial score (nSPS) is 18.7. The van der Waals surface area contributed by atoms with Gasteiger partial charge in [0.05, 0.1) is 10.6 Å². The molecule has 7 heteroatoms. The van der Waals surface area contributed by atoms with E-state index in [9.17, 15) is 4.79 Å². The molecule has 0 atom stereocenters. The minimum absolute atomic E-state index is 0.0330. The monoisotopic (exact) mass is 485 g/mol. The summed E-state index contributed by atoms with van der Waals surface area (Å²) in [5.41, 5.74) is 5.27. The summed E-state index contributed by atoms with van der Waals surface area (Å²) in [5.74, 6) is -0.0330. The Bertz CT molecular complexity index is 1250. The molecule has 5 rings (SSSR count). The number of rotatable bonds is 5. The third-order valence-electron chi connectivity index (χ3n) is 6.50. The average molecular weight is 486 g/mol. The lowest BCUT2D eigenvalue weighted by molar-refractivity contribution is -0.121. The summed E-state index contributed by atoms with van der Waals surface area (Å²) < 4.78 is 2.09. The molecule has 2 aromatic carbocycles. The zero-order valence-corrected chi connectivity index (χ0v) is 21.3. The highest BCUT2D eigenvalue weighted by Gasteiger charge is 2.30. The van der Waals surface area contributed by atoms with Gasteiger partial charge in [-0.1, -0.05) is 0 Å². The number of carbonyl (C=O) groups excluding carboxylic acids is 1. The zero-order chi connectivity index (χ0) is 24.4. The van der Waals surface area contributed by atoms with Crippen LogP contribution in [-0.4, -0.2) is 54.8 Å². The number of aliphatic imine (C=N–C) groups is 1. The van der Waals surface area contributed by atoms with E-state index in [1.807, 2.05) is 50.6 Å². The van der Waals surface area contributed by atoms with Crippen molar-refractivity contribution in [2.75, 3.05) is 44.0 Å². The molecule has 3 heterocycles. The molecule has 0 N–H and O–H groups in total. The van der Waals surface area contributed by atoms with Crippen LogP contribution in [0.2, 0.25) is 0 Å². The summed E-state index contributed by atoms with van der Waals surface area (Å²) >= 11 is 1.42. The number of hydrogen-bond acceptors (Lipinski definition) is 5. The quantitative estimate of drug-likeness (QED) is 0.431. The molecule has 0 radical (unpaired) electrons. The van der Waals surface area contributed by atoms with E-state index < -0.39 is 0 Å². The molecule has 0 aliphatic carbocycles. The van der Waals surface area contributed by atoms with E-state index >= 15 is 0 Å². The molecule has 2 aliphatic heterocycles. The summed E-state index contributed by atoms with van der Waals surface area (Å²) in [7, 11) is 5.85. The smallest absolute Gasteiger partial charge is 0.266 e. The molecule has 2 saturated heterocycles. The second-order valence-electron chi connectivity index (χ2n) is 9.15. The molecule has 180 valence electrons. The summed E-state index contributed by atoms with van der Waals surface area (Å²) in [5, 5.41) is 0.695. The van der Waals surface area contributed by atoms with Crippen molar-refractivity contribution in [2.45, 2.75) is 19.3 Å². The van der Waals surface area contributed by atoms with E-state index in [2.05, 4.69) is 50.8 Å². The van der Waals surface area contributed by atoms with Gasteiger partial charge >= 0.3 is 0 Å². The van der Waals surface area contributed by atoms with Crippen LogP contribution in [0.4, 0.5) is 17.1 Å². The summed E-state index contributed by atoms with van der Waals surface area (Å²) in [6, 6.07) is 20.7. The third kappa shape index (κ3) is 5.00. The second-order valence-corrected chi connectivity index (χ2v) is 10.2.